The second-order valence-electron chi connectivity index (χ2n) is 10.5. The quantitative estimate of drug-likeness (QED) is 0.348. The van der Waals surface area contributed by atoms with Crippen LogP contribution in [0.5, 0.6) is 11.5 Å². The molecule has 0 aliphatic carbocycles. The normalized spacial score (nSPS) is 12.6. The number of alkyl carbamates (subject to hydrolysis) is 1. The fraction of sp³-hybridized carbons (Fsp3) is 0.323. The smallest absolute Gasteiger partial charge is 0.408 e. The van der Waals surface area contributed by atoms with Gasteiger partial charge in [0, 0.05) is 19.2 Å². The molecule has 0 bridgehead atoms. The standard InChI is InChI=1S/C31H37N3O6/c1-20-18-22(12-17-26(20)35)27(28(36)32-23-13-15-24(39-6)16-14-23)34(5)29(37)25(19-21-10-8-7-9-11-21)33-30(38)40-31(2,3)4/h7-18,25,27,35H,19H2,1-6H3,(H,32,36)(H,33,38). The van der Waals surface area contributed by atoms with Gasteiger partial charge in [-0.15, -0.1) is 0 Å². The van der Waals surface area contributed by atoms with Crippen molar-refractivity contribution in [3.05, 3.63) is 89.5 Å². The second-order valence-corrected chi connectivity index (χ2v) is 10.5. The van der Waals surface area contributed by atoms with Crippen LogP contribution in [0.1, 0.15) is 43.5 Å². The van der Waals surface area contributed by atoms with Crippen molar-refractivity contribution in [2.24, 2.45) is 0 Å². The molecule has 0 spiro atoms. The number of phenols is 1. The number of ether oxygens (including phenoxy) is 2. The molecule has 2 atom stereocenters. The number of aromatic hydroxyl groups is 1. The van der Waals surface area contributed by atoms with E-state index in [1.54, 1.807) is 71.2 Å². The van der Waals surface area contributed by atoms with Gasteiger partial charge in [-0.3, -0.25) is 9.59 Å². The number of methoxy groups -OCH3 is 1. The molecule has 3 amide bonds. The first kappa shape index (κ1) is 30.0. The number of nitrogens with zero attached hydrogens (tertiary/aromatic N) is 1. The Morgan fingerprint density at radius 1 is 0.975 bits per heavy atom. The third kappa shape index (κ3) is 8.23. The molecule has 3 N–H and O–H groups in total. The van der Waals surface area contributed by atoms with Crippen molar-refractivity contribution in [2.75, 3.05) is 19.5 Å². The fourth-order valence-electron chi connectivity index (χ4n) is 4.16. The van der Waals surface area contributed by atoms with E-state index in [0.29, 0.717) is 22.6 Å². The van der Waals surface area contributed by atoms with Gasteiger partial charge in [0.25, 0.3) is 5.91 Å². The minimum atomic E-state index is -1.08. The van der Waals surface area contributed by atoms with E-state index in [0.717, 1.165) is 5.56 Å². The summed E-state index contributed by atoms with van der Waals surface area (Å²) in [6.45, 7) is 6.92. The summed E-state index contributed by atoms with van der Waals surface area (Å²) in [6.07, 6.45) is -0.556. The first-order valence-corrected chi connectivity index (χ1v) is 12.9. The Hall–Kier alpha value is -4.53. The number of amides is 3. The average molecular weight is 548 g/mol. The number of anilines is 1. The largest absolute Gasteiger partial charge is 0.508 e. The van der Waals surface area contributed by atoms with Crippen LogP contribution in [0.3, 0.4) is 0 Å². The van der Waals surface area contributed by atoms with Crippen LogP contribution >= 0.6 is 0 Å². The maximum atomic E-state index is 14.0. The Bertz CT molecular complexity index is 1320. The average Bonchev–Trinajstić information content (AvgIpc) is 2.90. The summed E-state index contributed by atoms with van der Waals surface area (Å²) in [5, 5.41) is 15.6. The van der Waals surface area contributed by atoms with Crippen molar-refractivity contribution < 1.29 is 29.0 Å². The molecule has 0 radical (unpaired) electrons. The highest BCUT2D eigenvalue weighted by Crippen LogP contribution is 2.28. The molecule has 0 fully saturated rings. The molecular weight excluding hydrogens is 510 g/mol. The third-order valence-electron chi connectivity index (χ3n) is 6.15. The van der Waals surface area contributed by atoms with Crippen LogP contribution in [0, 0.1) is 6.92 Å². The van der Waals surface area contributed by atoms with Crippen LogP contribution in [0.2, 0.25) is 0 Å². The highest BCUT2D eigenvalue weighted by molar-refractivity contribution is 5.99. The Balaban J connectivity index is 1.96. The summed E-state index contributed by atoms with van der Waals surface area (Å²) in [6, 6.07) is 18.7. The number of hydrogen-bond acceptors (Lipinski definition) is 6. The molecular formula is C31H37N3O6. The van der Waals surface area contributed by atoms with Gasteiger partial charge in [0.2, 0.25) is 5.91 Å². The van der Waals surface area contributed by atoms with E-state index in [2.05, 4.69) is 10.6 Å². The van der Waals surface area contributed by atoms with Crippen molar-refractivity contribution in [3.8, 4) is 11.5 Å². The van der Waals surface area contributed by atoms with Crippen molar-refractivity contribution >= 4 is 23.6 Å². The van der Waals surface area contributed by atoms with Gasteiger partial charge in [0.1, 0.15) is 29.2 Å². The first-order valence-electron chi connectivity index (χ1n) is 12.9. The molecule has 0 saturated heterocycles. The zero-order valence-electron chi connectivity index (χ0n) is 23.7. The molecule has 9 heteroatoms. The zero-order chi connectivity index (χ0) is 29.4. The molecule has 3 aromatic rings. The maximum absolute atomic E-state index is 14.0. The molecule has 0 saturated carbocycles. The minimum Gasteiger partial charge on any atom is -0.508 e. The van der Waals surface area contributed by atoms with Crippen molar-refractivity contribution in [3.63, 3.8) is 0 Å². The molecule has 212 valence electrons. The van der Waals surface area contributed by atoms with Gasteiger partial charge in [0.15, 0.2) is 0 Å². The number of carbonyl (C=O) groups excluding carboxylic acids is 3. The number of nitrogens with one attached hydrogen (secondary N) is 2. The predicted molar refractivity (Wildman–Crippen MR) is 153 cm³/mol. The van der Waals surface area contributed by atoms with Gasteiger partial charge in [-0.25, -0.2) is 4.79 Å². The number of rotatable bonds is 9. The molecule has 3 rings (SSSR count). The van der Waals surface area contributed by atoms with Gasteiger partial charge in [-0.1, -0.05) is 36.4 Å². The van der Waals surface area contributed by atoms with E-state index in [-0.39, 0.29) is 12.2 Å². The Labute approximate surface area is 235 Å². The van der Waals surface area contributed by atoms with Crippen LogP contribution in [0.25, 0.3) is 0 Å². The Kier molecular flexibility index (Phi) is 9.77. The van der Waals surface area contributed by atoms with E-state index in [1.165, 1.54) is 18.0 Å². The summed E-state index contributed by atoms with van der Waals surface area (Å²) >= 11 is 0. The van der Waals surface area contributed by atoms with Crippen molar-refractivity contribution in [1.29, 1.82) is 0 Å². The number of benzene rings is 3. The summed E-state index contributed by atoms with van der Waals surface area (Å²) in [4.78, 5) is 41.7. The van der Waals surface area contributed by atoms with Gasteiger partial charge in [-0.2, -0.15) is 0 Å². The first-order chi connectivity index (χ1) is 18.9. The van der Waals surface area contributed by atoms with E-state index >= 15 is 0 Å². The third-order valence-corrected chi connectivity index (χ3v) is 6.15. The molecule has 0 heterocycles. The fourth-order valence-corrected chi connectivity index (χ4v) is 4.16. The van der Waals surface area contributed by atoms with Crippen LogP contribution in [0.15, 0.2) is 72.8 Å². The lowest BCUT2D eigenvalue weighted by molar-refractivity contribution is -0.139. The molecule has 40 heavy (non-hydrogen) atoms. The molecule has 0 aromatic heterocycles. The number of hydrogen-bond donors (Lipinski definition) is 3. The van der Waals surface area contributed by atoms with Crippen LogP contribution < -0.4 is 15.4 Å². The number of phenolic OH excluding ortho intramolecular Hbond substituents is 1. The Morgan fingerprint density at radius 3 is 2.20 bits per heavy atom. The highest BCUT2D eigenvalue weighted by atomic mass is 16.6. The molecule has 9 nitrogen and oxygen atoms in total. The van der Waals surface area contributed by atoms with E-state index in [4.69, 9.17) is 9.47 Å². The summed E-state index contributed by atoms with van der Waals surface area (Å²) < 4.78 is 10.6. The van der Waals surface area contributed by atoms with Gasteiger partial charge < -0.3 is 30.1 Å². The lowest BCUT2D eigenvalue weighted by Crippen LogP contribution is -2.52. The number of likely N-dealkylation sites (N-methyl/N-ethyl adjacent to an activating group) is 1. The maximum Gasteiger partial charge on any atom is 0.408 e. The van der Waals surface area contributed by atoms with Crippen molar-refractivity contribution in [1.82, 2.24) is 10.2 Å². The highest BCUT2D eigenvalue weighted by Gasteiger charge is 2.34. The lowest BCUT2D eigenvalue weighted by Gasteiger charge is -2.32. The van der Waals surface area contributed by atoms with Crippen LogP contribution in [-0.2, 0) is 20.7 Å². The molecule has 3 aromatic carbocycles. The van der Waals surface area contributed by atoms with E-state index in [1.807, 2.05) is 30.3 Å². The second kappa shape index (κ2) is 13.0. The predicted octanol–water partition coefficient (Wildman–Crippen LogP) is 4.98. The van der Waals surface area contributed by atoms with Gasteiger partial charge in [-0.05, 0) is 80.8 Å². The van der Waals surface area contributed by atoms with Crippen LogP contribution in [-0.4, -0.2) is 53.7 Å². The Morgan fingerprint density at radius 2 is 1.62 bits per heavy atom. The van der Waals surface area contributed by atoms with Gasteiger partial charge in [0.05, 0.1) is 7.11 Å². The van der Waals surface area contributed by atoms with Crippen LogP contribution in [0.4, 0.5) is 10.5 Å². The number of aryl methyl sites for hydroxylation is 1. The summed E-state index contributed by atoms with van der Waals surface area (Å²) in [5.41, 5.74) is 1.62. The zero-order valence-corrected chi connectivity index (χ0v) is 23.7. The molecule has 2 unspecified atom stereocenters. The van der Waals surface area contributed by atoms with Gasteiger partial charge >= 0.3 is 6.09 Å². The molecule has 0 aliphatic heterocycles. The molecule has 0 aliphatic rings. The number of carbonyl (C=O) groups is 3. The van der Waals surface area contributed by atoms with E-state index < -0.39 is 35.6 Å². The summed E-state index contributed by atoms with van der Waals surface area (Å²) in [5.74, 6) is -0.259. The SMILES string of the molecule is COc1ccc(NC(=O)C(c2ccc(O)c(C)c2)N(C)C(=O)C(Cc2ccccc2)NC(=O)OC(C)(C)C)cc1. The minimum absolute atomic E-state index is 0.0700. The summed E-state index contributed by atoms with van der Waals surface area (Å²) in [7, 11) is 3.06. The van der Waals surface area contributed by atoms with E-state index in [9.17, 15) is 19.5 Å². The topological polar surface area (TPSA) is 117 Å². The van der Waals surface area contributed by atoms with Crippen molar-refractivity contribution in [2.45, 2.75) is 51.8 Å². The lowest BCUT2D eigenvalue weighted by atomic mass is 9.99. The monoisotopic (exact) mass is 547 g/mol.